The number of carbonyl (C=O) groups excluding carboxylic acids is 1. The Labute approximate surface area is 99.2 Å². The van der Waals surface area contributed by atoms with Gasteiger partial charge in [0.05, 0.1) is 0 Å². The summed E-state index contributed by atoms with van der Waals surface area (Å²) >= 11 is 0. The predicted octanol–water partition coefficient (Wildman–Crippen LogP) is 2.34. The zero-order valence-corrected chi connectivity index (χ0v) is 10.5. The summed E-state index contributed by atoms with van der Waals surface area (Å²) in [6.45, 7) is 2.18. The summed E-state index contributed by atoms with van der Waals surface area (Å²) in [4.78, 5) is 11.7. The van der Waals surface area contributed by atoms with Crippen molar-refractivity contribution in [1.29, 1.82) is 0 Å². The summed E-state index contributed by atoms with van der Waals surface area (Å²) in [5.74, 6) is 0.193. The summed E-state index contributed by atoms with van der Waals surface area (Å²) in [6.07, 6.45) is 9.83. The van der Waals surface area contributed by atoms with Gasteiger partial charge in [-0.05, 0) is 19.3 Å². The highest BCUT2D eigenvalue weighted by Crippen LogP contribution is 2.17. The van der Waals surface area contributed by atoms with E-state index in [0.717, 1.165) is 19.3 Å². The second-order valence-corrected chi connectivity index (χ2v) is 4.93. The average Bonchev–Trinajstić information content (AvgIpc) is 2.28. The second-order valence-electron chi connectivity index (χ2n) is 4.93. The average molecular weight is 226 g/mol. The minimum absolute atomic E-state index is 0.174. The highest BCUT2D eigenvalue weighted by atomic mass is 16.1. The lowest BCUT2D eigenvalue weighted by Gasteiger charge is -2.29. The van der Waals surface area contributed by atoms with Crippen molar-refractivity contribution in [2.24, 2.45) is 5.73 Å². The molecular weight excluding hydrogens is 200 g/mol. The third-order valence-electron chi connectivity index (χ3n) is 3.42. The van der Waals surface area contributed by atoms with Crippen LogP contribution in [0.2, 0.25) is 0 Å². The molecule has 16 heavy (non-hydrogen) atoms. The Morgan fingerprint density at radius 1 is 1.25 bits per heavy atom. The van der Waals surface area contributed by atoms with Crippen molar-refractivity contribution in [1.82, 2.24) is 5.32 Å². The van der Waals surface area contributed by atoms with Gasteiger partial charge in [-0.1, -0.05) is 39.0 Å². The van der Waals surface area contributed by atoms with Crippen molar-refractivity contribution in [3.8, 4) is 0 Å². The van der Waals surface area contributed by atoms with Gasteiger partial charge in [0.25, 0.3) is 0 Å². The maximum absolute atomic E-state index is 11.7. The van der Waals surface area contributed by atoms with Crippen LogP contribution in [-0.2, 0) is 4.79 Å². The molecule has 0 aromatic rings. The molecule has 2 atom stereocenters. The Morgan fingerprint density at radius 3 is 2.69 bits per heavy atom. The monoisotopic (exact) mass is 226 g/mol. The van der Waals surface area contributed by atoms with Gasteiger partial charge in [0.1, 0.15) is 0 Å². The molecule has 2 unspecified atom stereocenters. The van der Waals surface area contributed by atoms with Crippen LogP contribution in [0.3, 0.4) is 0 Å². The molecule has 1 aliphatic carbocycles. The van der Waals surface area contributed by atoms with Crippen LogP contribution in [0.1, 0.15) is 64.7 Å². The first kappa shape index (κ1) is 13.5. The van der Waals surface area contributed by atoms with Crippen LogP contribution >= 0.6 is 0 Å². The van der Waals surface area contributed by atoms with Crippen LogP contribution < -0.4 is 11.1 Å². The molecule has 3 N–H and O–H groups in total. The smallest absolute Gasteiger partial charge is 0.220 e. The molecule has 0 saturated heterocycles. The zero-order valence-electron chi connectivity index (χ0n) is 10.5. The number of nitrogens with two attached hydrogens (primary N) is 1. The molecule has 1 aliphatic rings. The predicted molar refractivity (Wildman–Crippen MR) is 67.1 cm³/mol. The van der Waals surface area contributed by atoms with Crippen LogP contribution in [0.4, 0.5) is 0 Å². The van der Waals surface area contributed by atoms with E-state index in [1.807, 2.05) is 0 Å². The molecule has 0 radical (unpaired) electrons. The van der Waals surface area contributed by atoms with Crippen LogP contribution in [0.15, 0.2) is 0 Å². The van der Waals surface area contributed by atoms with Crippen LogP contribution in [0, 0.1) is 0 Å². The fraction of sp³-hybridized carbons (Fsp3) is 0.923. The van der Waals surface area contributed by atoms with Gasteiger partial charge in [-0.25, -0.2) is 0 Å². The molecular formula is C13H26N2O. The highest BCUT2D eigenvalue weighted by molar-refractivity contribution is 5.76. The van der Waals surface area contributed by atoms with E-state index in [0.29, 0.717) is 6.42 Å². The Morgan fingerprint density at radius 2 is 2.00 bits per heavy atom. The largest absolute Gasteiger partial charge is 0.352 e. The van der Waals surface area contributed by atoms with E-state index in [1.165, 1.54) is 32.1 Å². The number of amides is 1. The SMILES string of the molecule is CCCCCCC(=O)NC1CCCCC1N. The first-order valence-corrected chi connectivity index (χ1v) is 6.79. The Balaban J connectivity index is 2.12. The van der Waals surface area contributed by atoms with Gasteiger partial charge in [-0.2, -0.15) is 0 Å². The third-order valence-corrected chi connectivity index (χ3v) is 3.42. The Kier molecular flexibility index (Phi) is 6.46. The number of nitrogens with one attached hydrogen (secondary N) is 1. The number of hydrogen-bond donors (Lipinski definition) is 2. The van der Waals surface area contributed by atoms with E-state index in [4.69, 9.17) is 5.73 Å². The van der Waals surface area contributed by atoms with Gasteiger partial charge >= 0.3 is 0 Å². The van der Waals surface area contributed by atoms with Crippen molar-refractivity contribution in [2.45, 2.75) is 76.8 Å². The lowest BCUT2D eigenvalue weighted by molar-refractivity contribution is -0.122. The number of hydrogen-bond acceptors (Lipinski definition) is 2. The maximum Gasteiger partial charge on any atom is 0.220 e. The number of carbonyl (C=O) groups is 1. The minimum Gasteiger partial charge on any atom is -0.352 e. The first-order valence-electron chi connectivity index (χ1n) is 6.79. The Bertz CT molecular complexity index is 206. The van der Waals surface area contributed by atoms with E-state index >= 15 is 0 Å². The molecule has 0 aromatic carbocycles. The van der Waals surface area contributed by atoms with Crippen molar-refractivity contribution >= 4 is 5.91 Å². The zero-order chi connectivity index (χ0) is 11.8. The lowest BCUT2D eigenvalue weighted by atomic mass is 9.91. The highest BCUT2D eigenvalue weighted by Gasteiger charge is 2.22. The summed E-state index contributed by atoms with van der Waals surface area (Å²) in [5.41, 5.74) is 5.99. The molecule has 94 valence electrons. The molecule has 1 rings (SSSR count). The molecule has 3 nitrogen and oxygen atoms in total. The molecule has 1 saturated carbocycles. The molecule has 0 spiro atoms. The molecule has 1 fully saturated rings. The van der Waals surface area contributed by atoms with Crippen LogP contribution in [0.25, 0.3) is 0 Å². The van der Waals surface area contributed by atoms with E-state index < -0.39 is 0 Å². The van der Waals surface area contributed by atoms with Gasteiger partial charge in [-0.3, -0.25) is 4.79 Å². The summed E-state index contributed by atoms with van der Waals surface area (Å²) in [5, 5.41) is 3.08. The van der Waals surface area contributed by atoms with Gasteiger partial charge in [0.2, 0.25) is 5.91 Å². The van der Waals surface area contributed by atoms with Crippen molar-refractivity contribution < 1.29 is 4.79 Å². The van der Waals surface area contributed by atoms with Crippen molar-refractivity contribution in [2.75, 3.05) is 0 Å². The standard InChI is InChI=1S/C13H26N2O/c1-2-3-4-5-10-13(16)15-12-9-7-6-8-11(12)14/h11-12H,2-10,14H2,1H3,(H,15,16). The van der Waals surface area contributed by atoms with Crippen molar-refractivity contribution in [3.63, 3.8) is 0 Å². The molecule has 1 amide bonds. The Hall–Kier alpha value is -0.570. The first-order chi connectivity index (χ1) is 7.74. The van der Waals surface area contributed by atoms with Crippen molar-refractivity contribution in [3.05, 3.63) is 0 Å². The molecule has 0 aliphatic heterocycles. The van der Waals surface area contributed by atoms with E-state index in [1.54, 1.807) is 0 Å². The molecule has 0 heterocycles. The number of unbranched alkanes of at least 4 members (excludes halogenated alkanes) is 3. The molecule has 0 aromatic heterocycles. The lowest BCUT2D eigenvalue weighted by Crippen LogP contribution is -2.49. The van der Waals surface area contributed by atoms with Gasteiger partial charge < -0.3 is 11.1 Å². The van der Waals surface area contributed by atoms with Gasteiger partial charge in [0.15, 0.2) is 0 Å². The third kappa shape index (κ3) is 4.97. The van der Waals surface area contributed by atoms with Gasteiger partial charge in [0, 0.05) is 18.5 Å². The second kappa shape index (κ2) is 7.66. The van der Waals surface area contributed by atoms with E-state index in [-0.39, 0.29) is 18.0 Å². The van der Waals surface area contributed by atoms with E-state index in [9.17, 15) is 4.79 Å². The van der Waals surface area contributed by atoms with E-state index in [2.05, 4.69) is 12.2 Å². The molecule has 0 bridgehead atoms. The summed E-state index contributed by atoms with van der Waals surface area (Å²) in [6, 6.07) is 0.403. The topological polar surface area (TPSA) is 55.1 Å². The maximum atomic E-state index is 11.7. The summed E-state index contributed by atoms with van der Waals surface area (Å²) < 4.78 is 0. The van der Waals surface area contributed by atoms with Crippen LogP contribution in [0.5, 0.6) is 0 Å². The molecule has 3 heteroatoms. The quantitative estimate of drug-likeness (QED) is 0.683. The number of rotatable bonds is 6. The van der Waals surface area contributed by atoms with Gasteiger partial charge in [-0.15, -0.1) is 0 Å². The fourth-order valence-corrected chi connectivity index (χ4v) is 2.33. The van der Waals surface area contributed by atoms with Crippen LogP contribution in [-0.4, -0.2) is 18.0 Å². The normalized spacial score (nSPS) is 25.4. The minimum atomic E-state index is 0.174. The fourth-order valence-electron chi connectivity index (χ4n) is 2.33. The summed E-state index contributed by atoms with van der Waals surface area (Å²) in [7, 11) is 0.